The van der Waals surface area contributed by atoms with Gasteiger partial charge in [0, 0.05) is 30.5 Å². The van der Waals surface area contributed by atoms with Gasteiger partial charge in [-0.05, 0) is 44.4 Å². The lowest BCUT2D eigenvalue weighted by molar-refractivity contribution is 0.0724. The van der Waals surface area contributed by atoms with Gasteiger partial charge in [-0.2, -0.15) is 0 Å². The molecular formula is C16H19N3O2. The van der Waals surface area contributed by atoms with Crippen LogP contribution in [0.2, 0.25) is 0 Å². The second-order valence-corrected chi connectivity index (χ2v) is 5.47. The first-order valence-electron chi connectivity index (χ1n) is 7.33. The fourth-order valence-electron chi connectivity index (χ4n) is 2.83. The Balaban J connectivity index is 1.93. The molecule has 0 aliphatic carbocycles. The summed E-state index contributed by atoms with van der Waals surface area (Å²) < 4.78 is 1.58. The molecule has 110 valence electrons. The lowest BCUT2D eigenvalue weighted by atomic mass is 10.1. The quantitative estimate of drug-likeness (QED) is 0.918. The summed E-state index contributed by atoms with van der Waals surface area (Å²) in [6.07, 6.45) is 5.01. The molecule has 0 saturated carbocycles. The van der Waals surface area contributed by atoms with Gasteiger partial charge in [0.15, 0.2) is 0 Å². The third-order valence-corrected chi connectivity index (χ3v) is 3.95. The monoisotopic (exact) mass is 285 g/mol. The van der Waals surface area contributed by atoms with Crippen molar-refractivity contribution in [2.45, 2.75) is 26.2 Å². The summed E-state index contributed by atoms with van der Waals surface area (Å²) in [6.45, 7) is 3.51. The third kappa shape index (κ3) is 2.63. The molecule has 0 spiro atoms. The number of benzene rings is 1. The Bertz CT molecular complexity index is 708. The molecule has 3 rings (SSSR count). The van der Waals surface area contributed by atoms with Gasteiger partial charge >= 0.3 is 5.69 Å². The van der Waals surface area contributed by atoms with Gasteiger partial charge in [-0.1, -0.05) is 6.07 Å². The van der Waals surface area contributed by atoms with Crippen LogP contribution in [0.25, 0.3) is 5.69 Å². The maximum Gasteiger partial charge on any atom is 0.330 e. The summed E-state index contributed by atoms with van der Waals surface area (Å²) in [7, 11) is 0. The van der Waals surface area contributed by atoms with Gasteiger partial charge in [-0.3, -0.25) is 9.36 Å². The Morgan fingerprint density at radius 1 is 1.19 bits per heavy atom. The van der Waals surface area contributed by atoms with E-state index in [9.17, 15) is 9.59 Å². The number of nitrogens with one attached hydrogen (secondary N) is 1. The minimum atomic E-state index is -0.185. The van der Waals surface area contributed by atoms with E-state index in [2.05, 4.69) is 4.98 Å². The molecule has 0 atom stereocenters. The molecule has 1 amide bonds. The van der Waals surface area contributed by atoms with Crippen molar-refractivity contribution in [3.8, 4) is 5.69 Å². The van der Waals surface area contributed by atoms with Crippen molar-refractivity contribution in [1.82, 2.24) is 14.5 Å². The fraction of sp³-hybridized carbons (Fsp3) is 0.375. The minimum Gasteiger partial charge on any atom is -0.339 e. The number of rotatable bonds is 2. The first-order valence-corrected chi connectivity index (χ1v) is 7.33. The van der Waals surface area contributed by atoms with Crippen molar-refractivity contribution in [3.63, 3.8) is 0 Å². The Morgan fingerprint density at radius 3 is 2.62 bits per heavy atom. The molecule has 0 unspecified atom stereocenters. The van der Waals surface area contributed by atoms with Gasteiger partial charge in [0.1, 0.15) is 0 Å². The maximum absolute atomic E-state index is 12.5. The molecule has 5 heteroatoms. The highest BCUT2D eigenvalue weighted by Gasteiger charge is 2.18. The Kier molecular flexibility index (Phi) is 3.64. The Hall–Kier alpha value is -2.30. The molecule has 5 nitrogen and oxygen atoms in total. The minimum absolute atomic E-state index is 0.0535. The van der Waals surface area contributed by atoms with Gasteiger partial charge in [-0.25, -0.2) is 4.79 Å². The van der Waals surface area contributed by atoms with Crippen LogP contribution in [0.5, 0.6) is 0 Å². The molecule has 1 fully saturated rings. The van der Waals surface area contributed by atoms with E-state index in [4.69, 9.17) is 0 Å². The summed E-state index contributed by atoms with van der Waals surface area (Å²) in [4.78, 5) is 28.9. The topological polar surface area (TPSA) is 58.1 Å². The molecule has 2 heterocycles. The number of piperidine rings is 1. The van der Waals surface area contributed by atoms with Crippen molar-refractivity contribution < 1.29 is 4.79 Å². The molecular weight excluding hydrogens is 266 g/mol. The number of nitrogens with zero attached hydrogens (tertiary/aromatic N) is 2. The number of aromatic amines is 1. The zero-order valence-corrected chi connectivity index (χ0v) is 12.1. The Morgan fingerprint density at radius 2 is 1.95 bits per heavy atom. The fourth-order valence-corrected chi connectivity index (χ4v) is 2.83. The summed E-state index contributed by atoms with van der Waals surface area (Å²) in [5, 5.41) is 0. The van der Waals surface area contributed by atoms with E-state index < -0.39 is 0 Å². The summed E-state index contributed by atoms with van der Waals surface area (Å²) >= 11 is 0. The van der Waals surface area contributed by atoms with Crippen LogP contribution in [0.4, 0.5) is 0 Å². The van der Waals surface area contributed by atoms with Crippen molar-refractivity contribution >= 4 is 5.91 Å². The Labute approximate surface area is 123 Å². The van der Waals surface area contributed by atoms with E-state index in [-0.39, 0.29) is 11.6 Å². The van der Waals surface area contributed by atoms with Crippen LogP contribution >= 0.6 is 0 Å². The van der Waals surface area contributed by atoms with Crippen molar-refractivity contribution in [1.29, 1.82) is 0 Å². The standard InChI is InChI=1S/C16H19N3O2/c1-12-11-17-16(21)19(12)14-7-5-6-13(10-14)15(20)18-8-3-2-4-9-18/h5-7,10-11H,2-4,8-9H2,1H3,(H,17,21). The zero-order chi connectivity index (χ0) is 14.8. The number of aromatic nitrogens is 2. The highest BCUT2D eigenvalue weighted by Crippen LogP contribution is 2.16. The normalized spacial score (nSPS) is 15.2. The number of carbonyl (C=O) groups excluding carboxylic acids is 1. The number of amides is 1. The predicted molar refractivity (Wildman–Crippen MR) is 80.9 cm³/mol. The van der Waals surface area contributed by atoms with Crippen LogP contribution < -0.4 is 5.69 Å². The van der Waals surface area contributed by atoms with Gasteiger partial charge in [0.05, 0.1) is 5.69 Å². The molecule has 1 N–H and O–H groups in total. The van der Waals surface area contributed by atoms with E-state index in [1.165, 1.54) is 6.42 Å². The summed E-state index contributed by atoms with van der Waals surface area (Å²) in [5.41, 5.74) is 2.00. The second-order valence-electron chi connectivity index (χ2n) is 5.47. The number of H-pyrrole nitrogens is 1. The van der Waals surface area contributed by atoms with Crippen LogP contribution in [0, 0.1) is 6.92 Å². The van der Waals surface area contributed by atoms with Crippen molar-refractivity contribution in [2.24, 2.45) is 0 Å². The third-order valence-electron chi connectivity index (χ3n) is 3.95. The second kappa shape index (κ2) is 5.60. The van der Waals surface area contributed by atoms with Gasteiger partial charge < -0.3 is 9.88 Å². The molecule has 1 aromatic heterocycles. The summed E-state index contributed by atoms with van der Waals surface area (Å²) in [6, 6.07) is 7.27. The smallest absolute Gasteiger partial charge is 0.330 e. The van der Waals surface area contributed by atoms with Gasteiger partial charge in [0.25, 0.3) is 5.91 Å². The van der Waals surface area contributed by atoms with Crippen molar-refractivity contribution in [3.05, 3.63) is 52.2 Å². The number of likely N-dealkylation sites (tertiary alicyclic amines) is 1. The zero-order valence-electron chi connectivity index (χ0n) is 12.1. The number of hydrogen-bond acceptors (Lipinski definition) is 2. The first kappa shape index (κ1) is 13.7. The van der Waals surface area contributed by atoms with Crippen LogP contribution in [0.15, 0.2) is 35.3 Å². The maximum atomic E-state index is 12.5. The van der Waals surface area contributed by atoms with Crippen LogP contribution in [0.1, 0.15) is 35.3 Å². The number of imidazole rings is 1. The lowest BCUT2D eigenvalue weighted by Gasteiger charge is -2.26. The predicted octanol–water partition coefficient (Wildman–Crippen LogP) is 2.10. The first-order chi connectivity index (χ1) is 10.2. The average Bonchev–Trinajstić information content (AvgIpc) is 2.86. The molecule has 0 bridgehead atoms. The molecule has 0 radical (unpaired) electrons. The lowest BCUT2D eigenvalue weighted by Crippen LogP contribution is -2.35. The SMILES string of the molecule is Cc1c[nH]c(=O)n1-c1cccc(C(=O)N2CCCCC2)c1. The average molecular weight is 285 g/mol. The number of carbonyl (C=O) groups is 1. The van der Waals surface area contributed by atoms with E-state index in [1.807, 2.05) is 30.0 Å². The number of hydrogen-bond donors (Lipinski definition) is 1. The molecule has 1 aliphatic rings. The highest BCUT2D eigenvalue weighted by molar-refractivity contribution is 5.94. The van der Waals surface area contributed by atoms with E-state index >= 15 is 0 Å². The van der Waals surface area contributed by atoms with Gasteiger partial charge in [-0.15, -0.1) is 0 Å². The molecule has 1 saturated heterocycles. The molecule has 1 aromatic carbocycles. The van der Waals surface area contributed by atoms with Crippen LogP contribution in [0.3, 0.4) is 0 Å². The van der Waals surface area contributed by atoms with E-state index in [0.29, 0.717) is 5.56 Å². The van der Waals surface area contributed by atoms with E-state index in [0.717, 1.165) is 37.3 Å². The molecule has 1 aliphatic heterocycles. The van der Waals surface area contributed by atoms with Crippen LogP contribution in [-0.4, -0.2) is 33.4 Å². The largest absolute Gasteiger partial charge is 0.339 e. The molecule has 21 heavy (non-hydrogen) atoms. The van der Waals surface area contributed by atoms with Crippen LogP contribution in [-0.2, 0) is 0 Å². The van der Waals surface area contributed by atoms with Gasteiger partial charge in [0.2, 0.25) is 0 Å². The highest BCUT2D eigenvalue weighted by atomic mass is 16.2. The number of aryl methyl sites for hydroxylation is 1. The van der Waals surface area contributed by atoms with E-state index in [1.54, 1.807) is 16.8 Å². The van der Waals surface area contributed by atoms with Crippen molar-refractivity contribution in [2.75, 3.05) is 13.1 Å². The molecule has 2 aromatic rings. The summed E-state index contributed by atoms with van der Waals surface area (Å²) in [5.74, 6) is 0.0535.